The summed E-state index contributed by atoms with van der Waals surface area (Å²) in [5.74, 6) is 0. The maximum absolute atomic E-state index is 4.06. The smallest absolute Gasteiger partial charge is 0.115 e. The molecule has 15 heavy (non-hydrogen) atoms. The first kappa shape index (κ1) is 10.1. The molecule has 1 heterocycles. The summed E-state index contributed by atoms with van der Waals surface area (Å²) < 4.78 is 0. The molecule has 0 atom stereocenters. The van der Waals surface area contributed by atoms with E-state index in [4.69, 9.17) is 0 Å². The summed E-state index contributed by atoms with van der Waals surface area (Å²) in [5, 5.41) is 0. The fraction of sp³-hybridized carbons (Fsp3) is 0.385. The van der Waals surface area contributed by atoms with Crippen molar-refractivity contribution in [2.45, 2.75) is 32.6 Å². The van der Waals surface area contributed by atoms with Gasteiger partial charge in [-0.2, -0.15) is 0 Å². The van der Waals surface area contributed by atoms with E-state index in [0.29, 0.717) is 0 Å². The van der Waals surface area contributed by atoms with E-state index in [0.717, 1.165) is 12.0 Å². The van der Waals surface area contributed by atoms with Crippen LogP contribution in [0.4, 0.5) is 0 Å². The van der Waals surface area contributed by atoms with Crippen LogP contribution < -0.4 is 0 Å². The largest absolute Gasteiger partial charge is 0.244 e. The SMILES string of the molecule is CCCCC1=CCC=C1c1cncnc1. The van der Waals surface area contributed by atoms with Crippen molar-refractivity contribution in [3.8, 4) is 0 Å². The fourth-order valence-electron chi connectivity index (χ4n) is 1.91. The second-order valence-electron chi connectivity index (χ2n) is 3.81. The minimum absolute atomic E-state index is 1.06. The molecule has 1 aromatic rings. The van der Waals surface area contributed by atoms with Gasteiger partial charge in [-0.25, -0.2) is 9.97 Å². The van der Waals surface area contributed by atoms with Crippen LogP contribution in [-0.4, -0.2) is 9.97 Å². The molecular weight excluding hydrogens is 184 g/mol. The molecule has 0 saturated carbocycles. The van der Waals surface area contributed by atoms with Gasteiger partial charge in [0, 0.05) is 18.0 Å². The molecule has 0 N–H and O–H groups in total. The number of nitrogens with zero attached hydrogens (tertiary/aromatic N) is 2. The molecule has 1 aliphatic rings. The molecule has 0 radical (unpaired) electrons. The molecule has 2 heteroatoms. The minimum Gasteiger partial charge on any atom is -0.244 e. The molecule has 0 spiro atoms. The molecule has 0 amide bonds. The summed E-state index contributed by atoms with van der Waals surface area (Å²) in [6, 6.07) is 0. The van der Waals surface area contributed by atoms with Crippen molar-refractivity contribution in [3.05, 3.63) is 42.0 Å². The van der Waals surface area contributed by atoms with E-state index in [2.05, 4.69) is 29.0 Å². The number of aromatic nitrogens is 2. The van der Waals surface area contributed by atoms with Gasteiger partial charge in [0.15, 0.2) is 0 Å². The zero-order valence-corrected chi connectivity index (χ0v) is 9.11. The quantitative estimate of drug-likeness (QED) is 0.744. The first-order valence-corrected chi connectivity index (χ1v) is 5.56. The van der Waals surface area contributed by atoms with Gasteiger partial charge >= 0.3 is 0 Å². The molecule has 0 saturated heterocycles. The van der Waals surface area contributed by atoms with E-state index in [9.17, 15) is 0 Å². The first-order chi connectivity index (χ1) is 7.42. The molecule has 78 valence electrons. The highest BCUT2D eigenvalue weighted by Crippen LogP contribution is 2.31. The van der Waals surface area contributed by atoms with Gasteiger partial charge in [0.1, 0.15) is 6.33 Å². The second kappa shape index (κ2) is 4.87. The maximum atomic E-state index is 4.06. The molecule has 2 nitrogen and oxygen atoms in total. The van der Waals surface area contributed by atoms with Gasteiger partial charge in [-0.15, -0.1) is 0 Å². The van der Waals surface area contributed by atoms with Crippen molar-refractivity contribution >= 4 is 5.57 Å². The number of hydrogen-bond acceptors (Lipinski definition) is 2. The Bertz CT molecular complexity index is 377. The molecule has 0 aliphatic heterocycles. The van der Waals surface area contributed by atoms with Gasteiger partial charge in [-0.1, -0.05) is 25.5 Å². The van der Waals surface area contributed by atoms with Crippen molar-refractivity contribution in [1.82, 2.24) is 9.97 Å². The average Bonchev–Trinajstić information content (AvgIpc) is 2.75. The lowest BCUT2D eigenvalue weighted by Crippen LogP contribution is -1.90. The highest BCUT2D eigenvalue weighted by atomic mass is 14.8. The third-order valence-corrected chi connectivity index (χ3v) is 2.70. The second-order valence-corrected chi connectivity index (χ2v) is 3.81. The molecular formula is C13H16N2. The van der Waals surface area contributed by atoms with Gasteiger partial charge in [0.25, 0.3) is 0 Å². The summed E-state index contributed by atoms with van der Waals surface area (Å²) in [7, 11) is 0. The van der Waals surface area contributed by atoms with Crippen LogP contribution in [0, 0.1) is 0 Å². The summed E-state index contributed by atoms with van der Waals surface area (Å²) >= 11 is 0. The van der Waals surface area contributed by atoms with Gasteiger partial charge < -0.3 is 0 Å². The molecule has 2 rings (SSSR count). The third kappa shape index (κ3) is 2.32. The monoisotopic (exact) mass is 200 g/mol. The van der Waals surface area contributed by atoms with Crippen molar-refractivity contribution in [1.29, 1.82) is 0 Å². The minimum atomic E-state index is 1.06. The first-order valence-electron chi connectivity index (χ1n) is 5.56. The number of allylic oxidation sites excluding steroid dienone is 4. The molecule has 0 fully saturated rings. The maximum Gasteiger partial charge on any atom is 0.115 e. The van der Waals surface area contributed by atoms with Gasteiger partial charge in [0.05, 0.1) is 0 Å². The van der Waals surface area contributed by atoms with Crippen molar-refractivity contribution in [3.63, 3.8) is 0 Å². The van der Waals surface area contributed by atoms with E-state index in [1.165, 1.54) is 30.4 Å². The highest BCUT2D eigenvalue weighted by molar-refractivity contribution is 5.80. The Labute approximate surface area is 90.8 Å². The van der Waals surface area contributed by atoms with Gasteiger partial charge in [-0.05, 0) is 30.4 Å². The molecule has 0 bridgehead atoms. The van der Waals surface area contributed by atoms with E-state index < -0.39 is 0 Å². The van der Waals surface area contributed by atoms with Crippen LogP contribution >= 0.6 is 0 Å². The van der Waals surface area contributed by atoms with Crippen molar-refractivity contribution < 1.29 is 0 Å². The lowest BCUT2D eigenvalue weighted by molar-refractivity contribution is 0.800. The van der Waals surface area contributed by atoms with E-state index in [-0.39, 0.29) is 0 Å². The van der Waals surface area contributed by atoms with E-state index >= 15 is 0 Å². The molecule has 1 aromatic heterocycles. The van der Waals surface area contributed by atoms with E-state index in [1.54, 1.807) is 6.33 Å². The van der Waals surface area contributed by atoms with Gasteiger partial charge in [-0.3, -0.25) is 0 Å². The summed E-state index contributed by atoms with van der Waals surface area (Å²) in [6.45, 7) is 2.23. The summed E-state index contributed by atoms with van der Waals surface area (Å²) in [5.41, 5.74) is 3.95. The lowest BCUT2D eigenvalue weighted by atomic mass is 9.99. The fourth-order valence-corrected chi connectivity index (χ4v) is 1.91. The zero-order valence-electron chi connectivity index (χ0n) is 9.11. The predicted molar refractivity (Wildman–Crippen MR) is 62.2 cm³/mol. The van der Waals surface area contributed by atoms with Crippen LogP contribution in [0.25, 0.3) is 5.57 Å². The van der Waals surface area contributed by atoms with Crippen LogP contribution in [0.15, 0.2) is 36.4 Å². The van der Waals surface area contributed by atoms with Crippen molar-refractivity contribution in [2.75, 3.05) is 0 Å². The lowest BCUT2D eigenvalue weighted by Gasteiger charge is -2.07. The Morgan fingerprint density at radius 1 is 1.20 bits per heavy atom. The molecule has 1 aliphatic carbocycles. The average molecular weight is 200 g/mol. The van der Waals surface area contributed by atoms with E-state index in [1.807, 2.05) is 12.4 Å². The van der Waals surface area contributed by atoms with Crippen LogP contribution in [0.5, 0.6) is 0 Å². The molecule has 0 unspecified atom stereocenters. The number of rotatable bonds is 4. The van der Waals surface area contributed by atoms with Crippen LogP contribution in [0.3, 0.4) is 0 Å². The summed E-state index contributed by atoms with van der Waals surface area (Å²) in [6.07, 6.45) is 14.7. The normalized spacial score (nSPS) is 15.0. The Morgan fingerprint density at radius 3 is 2.73 bits per heavy atom. The molecule has 0 aromatic carbocycles. The summed E-state index contributed by atoms with van der Waals surface area (Å²) in [4.78, 5) is 8.13. The topological polar surface area (TPSA) is 25.8 Å². The standard InChI is InChI=1S/C13H16N2/c1-2-3-5-11-6-4-7-13(11)12-8-14-10-15-9-12/h6-10H,2-5H2,1H3. The number of unbranched alkanes of at least 4 members (excludes halogenated alkanes) is 1. The van der Waals surface area contributed by atoms with Crippen LogP contribution in [-0.2, 0) is 0 Å². The Balaban J connectivity index is 2.14. The van der Waals surface area contributed by atoms with Crippen LogP contribution in [0.1, 0.15) is 38.2 Å². The van der Waals surface area contributed by atoms with Crippen molar-refractivity contribution in [2.24, 2.45) is 0 Å². The van der Waals surface area contributed by atoms with Crippen LogP contribution in [0.2, 0.25) is 0 Å². The predicted octanol–water partition coefficient (Wildman–Crippen LogP) is 3.38. The third-order valence-electron chi connectivity index (χ3n) is 2.70. The number of hydrogen-bond donors (Lipinski definition) is 0. The Hall–Kier alpha value is -1.44. The Morgan fingerprint density at radius 2 is 2.00 bits per heavy atom. The highest BCUT2D eigenvalue weighted by Gasteiger charge is 2.11. The zero-order chi connectivity index (χ0) is 10.5. The Kier molecular flexibility index (Phi) is 3.28. The van der Waals surface area contributed by atoms with Gasteiger partial charge in [0.2, 0.25) is 0 Å².